The minimum atomic E-state index is -0.180. The Morgan fingerprint density at radius 3 is 2.68 bits per heavy atom. The van der Waals surface area contributed by atoms with Gasteiger partial charge in [-0.1, -0.05) is 18.2 Å². The number of carbonyl (C=O) groups excluding carboxylic acids is 1. The van der Waals surface area contributed by atoms with Crippen LogP contribution in [-0.2, 0) is 6.42 Å². The highest BCUT2D eigenvalue weighted by Crippen LogP contribution is 2.17. The molecular weight excluding hydrogens is 389 g/mol. The van der Waals surface area contributed by atoms with E-state index in [9.17, 15) is 4.79 Å². The van der Waals surface area contributed by atoms with Gasteiger partial charge >= 0.3 is 6.03 Å². The van der Waals surface area contributed by atoms with Crippen molar-refractivity contribution in [1.29, 1.82) is 0 Å². The van der Waals surface area contributed by atoms with Crippen LogP contribution in [0.15, 0.2) is 54.7 Å². The van der Waals surface area contributed by atoms with Gasteiger partial charge in [-0.2, -0.15) is 0 Å². The van der Waals surface area contributed by atoms with Gasteiger partial charge in [0, 0.05) is 32.9 Å². The minimum Gasteiger partial charge on any atom is -0.361 e. The van der Waals surface area contributed by atoms with Crippen LogP contribution in [0.25, 0.3) is 10.9 Å². The average Bonchev–Trinajstić information content (AvgIpc) is 2.93. The monoisotopic (exact) mass is 405 g/mol. The van der Waals surface area contributed by atoms with Gasteiger partial charge in [0.1, 0.15) is 0 Å². The molecule has 1 aromatic heterocycles. The van der Waals surface area contributed by atoms with Gasteiger partial charge in [0.05, 0.1) is 0 Å². The second kappa shape index (κ2) is 6.83. The van der Waals surface area contributed by atoms with Gasteiger partial charge in [0.2, 0.25) is 0 Å². The van der Waals surface area contributed by atoms with Crippen molar-refractivity contribution < 1.29 is 4.79 Å². The van der Waals surface area contributed by atoms with Crippen molar-refractivity contribution in [2.75, 3.05) is 11.9 Å². The number of aromatic nitrogens is 1. The van der Waals surface area contributed by atoms with Gasteiger partial charge < -0.3 is 15.6 Å². The number of carbonyl (C=O) groups is 1. The van der Waals surface area contributed by atoms with E-state index in [0.29, 0.717) is 6.54 Å². The summed E-state index contributed by atoms with van der Waals surface area (Å²) in [6.45, 7) is 0.595. The maximum atomic E-state index is 11.9. The Morgan fingerprint density at radius 2 is 1.86 bits per heavy atom. The van der Waals surface area contributed by atoms with Gasteiger partial charge in [-0.3, -0.25) is 0 Å². The van der Waals surface area contributed by atoms with E-state index in [2.05, 4.69) is 50.3 Å². The third-order valence-electron chi connectivity index (χ3n) is 3.46. The summed E-state index contributed by atoms with van der Waals surface area (Å²) in [7, 11) is 0. The van der Waals surface area contributed by atoms with E-state index in [1.807, 2.05) is 42.6 Å². The highest BCUT2D eigenvalue weighted by Gasteiger charge is 2.04. The second-order valence-corrected chi connectivity index (χ2v) is 6.24. The van der Waals surface area contributed by atoms with Crippen molar-refractivity contribution in [3.05, 3.63) is 63.9 Å². The summed E-state index contributed by atoms with van der Waals surface area (Å²) in [5, 5.41) is 6.92. The number of aromatic amines is 1. The van der Waals surface area contributed by atoms with E-state index in [1.54, 1.807) is 0 Å². The van der Waals surface area contributed by atoms with Crippen LogP contribution in [0.4, 0.5) is 10.5 Å². The Balaban J connectivity index is 1.52. The zero-order chi connectivity index (χ0) is 15.4. The lowest BCUT2D eigenvalue weighted by Crippen LogP contribution is -2.30. The number of fused-ring (bicyclic) bond motifs is 1. The molecular formula is C17H16IN3O. The Labute approximate surface area is 142 Å². The van der Waals surface area contributed by atoms with Gasteiger partial charge in [-0.05, 0) is 64.9 Å². The number of halogens is 1. The number of hydrogen-bond acceptors (Lipinski definition) is 1. The number of para-hydroxylation sites is 1. The molecule has 112 valence electrons. The Bertz CT molecular complexity index is 780. The van der Waals surface area contributed by atoms with Crippen molar-refractivity contribution in [1.82, 2.24) is 10.3 Å². The van der Waals surface area contributed by atoms with Crippen LogP contribution in [0.2, 0.25) is 0 Å². The van der Waals surface area contributed by atoms with Crippen LogP contribution in [0.5, 0.6) is 0 Å². The minimum absolute atomic E-state index is 0.180. The van der Waals surface area contributed by atoms with Gasteiger partial charge in [0.15, 0.2) is 0 Å². The summed E-state index contributed by atoms with van der Waals surface area (Å²) in [5.41, 5.74) is 3.14. The number of anilines is 1. The Morgan fingerprint density at radius 1 is 1.09 bits per heavy atom. The first-order valence-electron chi connectivity index (χ1n) is 7.08. The van der Waals surface area contributed by atoms with Crippen LogP contribution in [0.1, 0.15) is 5.56 Å². The van der Waals surface area contributed by atoms with Crippen molar-refractivity contribution >= 4 is 45.2 Å². The maximum Gasteiger partial charge on any atom is 0.319 e. The molecule has 0 spiro atoms. The molecule has 0 unspecified atom stereocenters. The highest BCUT2D eigenvalue weighted by atomic mass is 127. The fourth-order valence-corrected chi connectivity index (χ4v) is 2.72. The fraction of sp³-hybridized carbons (Fsp3) is 0.118. The van der Waals surface area contributed by atoms with Crippen LogP contribution >= 0.6 is 22.6 Å². The average molecular weight is 405 g/mol. The van der Waals surface area contributed by atoms with E-state index in [4.69, 9.17) is 0 Å². The molecule has 0 radical (unpaired) electrons. The van der Waals surface area contributed by atoms with E-state index >= 15 is 0 Å². The largest absolute Gasteiger partial charge is 0.361 e. The number of H-pyrrole nitrogens is 1. The molecule has 3 aromatic rings. The van der Waals surface area contributed by atoms with Crippen molar-refractivity contribution in [2.24, 2.45) is 0 Å². The SMILES string of the molecule is O=C(NCCc1c[nH]c2ccccc12)Nc1ccc(I)cc1. The standard InChI is InChI=1S/C17H16IN3O/c18-13-5-7-14(8-6-13)21-17(22)19-10-9-12-11-20-16-4-2-1-3-15(12)16/h1-8,11,20H,9-10H2,(H2,19,21,22). The molecule has 2 amide bonds. The summed E-state index contributed by atoms with van der Waals surface area (Å²) in [5.74, 6) is 0. The molecule has 1 heterocycles. The van der Waals surface area contributed by atoms with Crippen LogP contribution in [0, 0.1) is 3.57 Å². The first kappa shape index (κ1) is 14.9. The molecule has 2 aromatic carbocycles. The first-order chi connectivity index (χ1) is 10.7. The quantitative estimate of drug-likeness (QED) is 0.562. The van der Waals surface area contributed by atoms with Crippen molar-refractivity contribution in [2.45, 2.75) is 6.42 Å². The summed E-state index contributed by atoms with van der Waals surface area (Å²) in [4.78, 5) is 15.1. The van der Waals surface area contributed by atoms with Crippen molar-refractivity contribution in [3.63, 3.8) is 0 Å². The van der Waals surface area contributed by atoms with Crippen molar-refractivity contribution in [3.8, 4) is 0 Å². The molecule has 0 saturated carbocycles. The molecule has 0 atom stereocenters. The van der Waals surface area contributed by atoms with Gasteiger partial charge in [-0.15, -0.1) is 0 Å². The Kier molecular flexibility index (Phi) is 4.62. The smallest absolute Gasteiger partial charge is 0.319 e. The number of hydrogen-bond donors (Lipinski definition) is 3. The molecule has 0 aliphatic rings. The number of amides is 2. The topological polar surface area (TPSA) is 56.9 Å². The lowest BCUT2D eigenvalue weighted by Gasteiger charge is -2.07. The Hall–Kier alpha value is -2.02. The predicted octanol–water partition coefficient (Wildman–Crippen LogP) is 4.14. The molecule has 4 nitrogen and oxygen atoms in total. The lowest BCUT2D eigenvalue weighted by atomic mass is 10.1. The summed E-state index contributed by atoms with van der Waals surface area (Å²) in [6, 6.07) is 15.7. The predicted molar refractivity (Wildman–Crippen MR) is 98.2 cm³/mol. The molecule has 3 N–H and O–H groups in total. The highest BCUT2D eigenvalue weighted by molar-refractivity contribution is 14.1. The molecule has 0 aliphatic carbocycles. The zero-order valence-electron chi connectivity index (χ0n) is 11.9. The molecule has 5 heteroatoms. The number of benzene rings is 2. The molecule has 0 saturated heterocycles. The molecule has 22 heavy (non-hydrogen) atoms. The third-order valence-corrected chi connectivity index (χ3v) is 4.18. The molecule has 0 bridgehead atoms. The van der Waals surface area contributed by atoms with E-state index in [-0.39, 0.29) is 6.03 Å². The summed E-state index contributed by atoms with van der Waals surface area (Å²) >= 11 is 2.23. The summed E-state index contributed by atoms with van der Waals surface area (Å²) in [6.07, 6.45) is 2.80. The van der Waals surface area contributed by atoms with Crippen LogP contribution in [0.3, 0.4) is 0 Å². The molecule has 0 aliphatic heterocycles. The normalized spacial score (nSPS) is 10.6. The first-order valence-corrected chi connectivity index (χ1v) is 8.16. The van der Waals surface area contributed by atoms with E-state index < -0.39 is 0 Å². The zero-order valence-corrected chi connectivity index (χ0v) is 14.1. The summed E-state index contributed by atoms with van der Waals surface area (Å²) < 4.78 is 1.14. The van der Waals surface area contributed by atoms with Crippen LogP contribution in [-0.4, -0.2) is 17.6 Å². The van der Waals surface area contributed by atoms with E-state index in [0.717, 1.165) is 21.2 Å². The number of urea groups is 1. The molecule has 0 fully saturated rings. The second-order valence-electron chi connectivity index (χ2n) is 5.00. The lowest BCUT2D eigenvalue weighted by molar-refractivity contribution is 0.252. The maximum absolute atomic E-state index is 11.9. The van der Waals surface area contributed by atoms with Gasteiger partial charge in [-0.25, -0.2) is 4.79 Å². The third kappa shape index (κ3) is 3.59. The molecule has 3 rings (SSSR count). The van der Waals surface area contributed by atoms with E-state index in [1.165, 1.54) is 10.9 Å². The number of nitrogens with one attached hydrogen (secondary N) is 3. The van der Waals surface area contributed by atoms with Gasteiger partial charge in [0.25, 0.3) is 0 Å². The van der Waals surface area contributed by atoms with Crippen LogP contribution < -0.4 is 10.6 Å². The fourth-order valence-electron chi connectivity index (χ4n) is 2.36. The number of rotatable bonds is 4.